The van der Waals surface area contributed by atoms with Gasteiger partial charge in [0.1, 0.15) is 0 Å². The van der Waals surface area contributed by atoms with Crippen LogP contribution >= 0.6 is 0 Å². The van der Waals surface area contributed by atoms with Crippen LogP contribution in [0.5, 0.6) is 0 Å². The highest BCUT2D eigenvalue weighted by molar-refractivity contribution is 4.87. The van der Waals surface area contributed by atoms with Gasteiger partial charge in [-0.2, -0.15) is 0 Å². The summed E-state index contributed by atoms with van der Waals surface area (Å²) in [4.78, 5) is 2.79. The lowest BCUT2D eigenvalue weighted by Crippen LogP contribution is -2.56. The maximum atomic E-state index is 3.75. The first-order valence-electron chi connectivity index (χ1n) is 7.80. The molecule has 2 nitrogen and oxygen atoms in total. The van der Waals surface area contributed by atoms with Crippen molar-refractivity contribution in [3.8, 4) is 0 Å². The average Bonchev–Trinajstić information content (AvgIpc) is 3.14. The number of piperazine rings is 1. The monoisotopic (exact) mass is 238 g/mol. The molecule has 0 aromatic carbocycles. The Morgan fingerprint density at radius 1 is 1.06 bits per heavy atom. The van der Waals surface area contributed by atoms with E-state index < -0.39 is 0 Å². The van der Waals surface area contributed by atoms with Crippen molar-refractivity contribution >= 4 is 0 Å². The van der Waals surface area contributed by atoms with E-state index in [-0.39, 0.29) is 0 Å². The smallest absolute Gasteiger partial charge is 0.0221 e. The van der Waals surface area contributed by atoms with Gasteiger partial charge in [-0.05, 0) is 31.7 Å². The molecule has 0 spiro atoms. The standard InChI is InChI=1S/C15H30N2/c1-3-5-14-12-17(10-9-13-7-8-13)15(6-4-2)11-16-14/h13-16H,3-12H2,1-2H3. The second-order valence-electron chi connectivity index (χ2n) is 6.06. The van der Waals surface area contributed by atoms with E-state index in [1.54, 1.807) is 0 Å². The van der Waals surface area contributed by atoms with Crippen molar-refractivity contribution in [1.29, 1.82) is 0 Å². The number of hydrogen-bond acceptors (Lipinski definition) is 2. The molecule has 2 atom stereocenters. The molecule has 1 aliphatic heterocycles. The molecule has 0 aromatic heterocycles. The van der Waals surface area contributed by atoms with E-state index in [1.807, 2.05) is 0 Å². The molecule has 2 aliphatic rings. The van der Waals surface area contributed by atoms with Crippen LogP contribution in [0.15, 0.2) is 0 Å². The molecule has 1 N–H and O–H groups in total. The van der Waals surface area contributed by atoms with Crippen LogP contribution < -0.4 is 5.32 Å². The van der Waals surface area contributed by atoms with Crippen LogP contribution in [0.2, 0.25) is 0 Å². The maximum absolute atomic E-state index is 3.75. The zero-order valence-electron chi connectivity index (χ0n) is 11.8. The van der Waals surface area contributed by atoms with E-state index in [2.05, 4.69) is 24.1 Å². The molecule has 0 amide bonds. The number of rotatable bonds is 7. The van der Waals surface area contributed by atoms with Gasteiger partial charge >= 0.3 is 0 Å². The van der Waals surface area contributed by atoms with Gasteiger partial charge in [-0.3, -0.25) is 4.90 Å². The van der Waals surface area contributed by atoms with Gasteiger partial charge in [0.05, 0.1) is 0 Å². The van der Waals surface area contributed by atoms with E-state index in [1.165, 1.54) is 64.6 Å². The van der Waals surface area contributed by atoms with Gasteiger partial charge in [0.25, 0.3) is 0 Å². The summed E-state index contributed by atoms with van der Waals surface area (Å²) >= 11 is 0. The molecular weight excluding hydrogens is 208 g/mol. The van der Waals surface area contributed by atoms with Crippen molar-refractivity contribution in [3.63, 3.8) is 0 Å². The normalized spacial score (nSPS) is 30.7. The van der Waals surface area contributed by atoms with Crippen molar-refractivity contribution in [2.45, 2.75) is 70.9 Å². The van der Waals surface area contributed by atoms with Gasteiger partial charge < -0.3 is 5.32 Å². The van der Waals surface area contributed by atoms with Crippen LogP contribution in [-0.2, 0) is 0 Å². The minimum absolute atomic E-state index is 0.757. The lowest BCUT2D eigenvalue weighted by molar-refractivity contribution is 0.116. The summed E-state index contributed by atoms with van der Waals surface area (Å²) in [6.45, 7) is 8.50. The minimum Gasteiger partial charge on any atom is -0.311 e. The summed E-state index contributed by atoms with van der Waals surface area (Å²) in [6, 6.07) is 1.57. The van der Waals surface area contributed by atoms with Crippen LogP contribution in [0.1, 0.15) is 58.8 Å². The molecule has 100 valence electrons. The van der Waals surface area contributed by atoms with E-state index in [0.717, 1.165) is 18.0 Å². The molecule has 0 radical (unpaired) electrons. The summed E-state index contributed by atoms with van der Waals surface area (Å²) < 4.78 is 0. The Balaban J connectivity index is 1.79. The van der Waals surface area contributed by atoms with E-state index in [0.29, 0.717) is 0 Å². The van der Waals surface area contributed by atoms with Gasteiger partial charge in [-0.25, -0.2) is 0 Å². The van der Waals surface area contributed by atoms with Crippen LogP contribution in [0.4, 0.5) is 0 Å². The molecule has 1 aliphatic carbocycles. The zero-order chi connectivity index (χ0) is 12.1. The number of hydrogen-bond donors (Lipinski definition) is 1. The Labute approximate surface area is 107 Å². The molecular formula is C15H30N2. The van der Waals surface area contributed by atoms with Crippen LogP contribution in [0, 0.1) is 5.92 Å². The predicted octanol–water partition coefficient (Wildman–Crippen LogP) is 3.03. The first kappa shape index (κ1) is 13.4. The molecule has 1 heterocycles. The molecule has 1 saturated heterocycles. The van der Waals surface area contributed by atoms with Crippen molar-refractivity contribution in [2.24, 2.45) is 5.92 Å². The Morgan fingerprint density at radius 3 is 2.47 bits per heavy atom. The lowest BCUT2D eigenvalue weighted by Gasteiger charge is -2.40. The summed E-state index contributed by atoms with van der Waals surface area (Å²) in [6.07, 6.45) is 9.82. The third-order valence-corrected chi connectivity index (χ3v) is 4.39. The number of nitrogens with zero attached hydrogens (tertiary/aromatic N) is 1. The molecule has 2 rings (SSSR count). The molecule has 2 unspecified atom stereocenters. The largest absolute Gasteiger partial charge is 0.311 e. The van der Waals surface area contributed by atoms with Crippen molar-refractivity contribution in [3.05, 3.63) is 0 Å². The van der Waals surface area contributed by atoms with E-state index in [4.69, 9.17) is 0 Å². The quantitative estimate of drug-likeness (QED) is 0.733. The van der Waals surface area contributed by atoms with Gasteiger partial charge in [0.2, 0.25) is 0 Å². The lowest BCUT2D eigenvalue weighted by atomic mass is 10.0. The summed E-state index contributed by atoms with van der Waals surface area (Å²) in [5, 5.41) is 3.75. The second kappa shape index (κ2) is 6.75. The molecule has 0 aromatic rings. The van der Waals surface area contributed by atoms with E-state index in [9.17, 15) is 0 Å². The fourth-order valence-electron chi connectivity index (χ4n) is 3.12. The molecule has 1 saturated carbocycles. The summed E-state index contributed by atoms with van der Waals surface area (Å²) in [7, 11) is 0. The molecule has 2 fully saturated rings. The first-order chi connectivity index (χ1) is 8.33. The fourth-order valence-corrected chi connectivity index (χ4v) is 3.12. The van der Waals surface area contributed by atoms with Gasteiger partial charge in [-0.1, -0.05) is 39.5 Å². The highest BCUT2D eigenvalue weighted by atomic mass is 15.2. The third kappa shape index (κ3) is 4.26. The highest BCUT2D eigenvalue weighted by Gasteiger charge is 2.28. The average molecular weight is 238 g/mol. The second-order valence-corrected chi connectivity index (χ2v) is 6.06. The number of nitrogens with one attached hydrogen (secondary N) is 1. The summed E-state index contributed by atoms with van der Waals surface area (Å²) in [5.41, 5.74) is 0. The van der Waals surface area contributed by atoms with Crippen LogP contribution in [-0.4, -0.2) is 36.6 Å². The van der Waals surface area contributed by atoms with Crippen molar-refractivity contribution < 1.29 is 0 Å². The maximum Gasteiger partial charge on any atom is 0.0221 e. The van der Waals surface area contributed by atoms with Gasteiger partial charge in [-0.15, -0.1) is 0 Å². The molecule has 0 bridgehead atoms. The molecule has 2 heteroatoms. The minimum atomic E-state index is 0.757. The molecule has 17 heavy (non-hydrogen) atoms. The first-order valence-corrected chi connectivity index (χ1v) is 7.80. The topological polar surface area (TPSA) is 15.3 Å². The third-order valence-electron chi connectivity index (χ3n) is 4.39. The fraction of sp³-hybridized carbons (Fsp3) is 1.00. The Kier molecular flexibility index (Phi) is 5.30. The Hall–Kier alpha value is -0.0800. The zero-order valence-corrected chi connectivity index (χ0v) is 11.8. The van der Waals surface area contributed by atoms with E-state index >= 15 is 0 Å². The van der Waals surface area contributed by atoms with Crippen molar-refractivity contribution in [1.82, 2.24) is 10.2 Å². The van der Waals surface area contributed by atoms with Crippen LogP contribution in [0.3, 0.4) is 0 Å². The van der Waals surface area contributed by atoms with Gasteiger partial charge in [0, 0.05) is 25.2 Å². The van der Waals surface area contributed by atoms with Gasteiger partial charge in [0.15, 0.2) is 0 Å². The Morgan fingerprint density at radius 2 is 1.82 bits per heavy atom. The SMILES string of the molecule is CCCC1CN(CCC2CC2)C(CCC)CN1. The Bertz CT molecular complexity index is 213. The predicted molar refractivity (Wildman–Crippen MR) is 74.3 cm³/mol. The van der Waals surface area contributed by atoms with Crippen LogP contribution in [0.25, 0.3) is 0 Å². The highest BCUT2D eigenvalue weighted by Crippen LogP contribution is 2.33. The van der Waals surface area contributed by atoms with Crippen molar-refractivity contribution in [2.75, 3.05) is 19.6 Å². The summed E-state index contributed by atoms with van der Waals surface area (Å²) in [5.74, 6) is 1.08.